The number of nitrogens with zero attached hydrogens (tertiary/aromatic N) is 2. The maximum absolute atomic E-state index is 12.0. The van der Waals surface area contributed by atoms with E-state index in [0.717, 1.165) is 15.7 Å². The molecule has 0 radical (unpaired) electrons. The van der Waals surface area contributed by atoms with Crippen LogP contribution >= 0.6 is 34.7 Å². The van der Waals surface area contributed by atoms with E-state index in [1.807, 2.05) is 19.9 Å². The molecule has 2 rings (SSSR count). The summed E-state index contributed by atoms with van der Waals surface area (Å²) in [5, 5.41) is 11.5. The summed E-state index contributed by atoms with van der Waals surface area (Å²) in [6.45, 7) is 3.96. The number of amides is 1. The van der Waals surface area contributed by atoms with Gasteiger partial charge in [0.05, 0.1) is 10.6 Å². The Bertz CT molecular complexity index is 600. The summed E-state index contributed by atoms with van der Waals surface area (Å²) in [4.78, 5) is 12.0. The van der Waals surface area contributed by atoms with Crippen LogP contribution < -0.4 is 5.32 Å². The fraction of sp³-hybridized carbons (Fsp3) is 0.250. The van der Waals surface area contributed by atoms with Crippen molar-refractivity contribution < 1.29 is 4.79 Å². The number of halogens is 1. The van der Waals surface area contributed by atoms with Gasteiger partial charge in [0.15, 0.2) is 4.34 Å². The molecule has 0 saturated heterocycles. The van der Waals surface area contributed by atoms with Gasteiger partial charge in [-0.15, -0.1) is 10.2 Å². The van der Waals surface area contributed by atoms with Crippen molar-refractivity contribution in [2.75, 3.05) is 11.1 Å². The quantitative estimate of drug-likeness (QED) is 0.688. The molecule has 0 spiro atoms. The van der Waals surface area contributed by atoms with Crippen LogP contribution in [0, 0.1) is 6.92 Å². The van der Waals surface area contributed by atoms with Crippen molar-refractivity contribution in [3.05, 3.63) is 34.3 Å². The number of hydrogen-bond acceptors (Lipinski definition) is 5. The minimum Gasteiger partial charge on any atom is -0.296 e. The zero-order chi connectivity index (χ0) is 13.8. The normalized spacial score (nSPS) is 10.5. The number of hydrogen-bond donors (Lipinski definition) is 1. The van der Waals surface area contributed by atoms with Gasteiger partial charge in [-0.3, -0.25) is 10.1 Å². The van der Waals surface area contributed by atoms with E-state index in [0.29, 0.717) is 15.7 Å². The van der Waals surface area contributed by atoms with Crippen LogP contribution in [-0.2, 0) is 0 Å². The zero-order valence-corrected chi connectivity index (χ0v) is 12.8. The zero-order valence-electron chi connectivity index (χ0n) is 10.4. The van der Waals surface area contributed by atoms with Gasteiger partial charge in [0.25, 0.3) is 5.91 Å². The van der Waals surface area contributed by atoms with Crippen LogP contribution in [0.15, 0.2) is 22.5 Å². The van der Waals surface area contributed by atoms with Crippen LogP contribution in [0.3, 0.4) is 0 Å². The molecule has 0 aliphatic heterocycles. The Kier molecular flexibility index (Phi) is 4.79. The van der Waals surface area contributed by atoms with Crippen LogP contribution in [-0.4, -0.2) is 21.9 Å². The van der Waals surface area contributed by atoms with Gasteiger partial charge in [-0.25, -0.2) is 0 Å². The first kappa shape index (κ1) is 14.3. The first-order valence-corrected chi connectivity index (χ1v) is 7.82. The summed E-state index contributed by atoms with van der Waals surface area (Å²) in [5.74, 6) is 0.654. The lowest BCUT2D eigenvalue weighted by atomic mass is 10.1. The molecule has 100 valence electrons. The molecule has 2 aromatic rings. The number of anilines is 1. The molecule has 19 heavy (non-hydrogen) atoms. The lowest BCUT2D eigenvalue weighted by molar-refractivity contribution is 0.102. The molecule has 4 nitrogen and oxygen atoms in total. The Morgan fingerprint density at radius 2 is 2.26 bits per heavy atom. The van der Waals surface area contributed by atoms with Crippen LogP contribution in [0.2, 0.25) is 5.02 Å². The van der Waals surface area contributed by atoms with Gasteiger partial charge >= 0.3 is 0 Å². The highest BCUT2D eigenvalue weighted by Crippen LogP contribution is 2.26. The fourth-order valence-electron chi connectivity index (χ4n) is 1.41. The van der Waals surface area contributed by atoms with E-state index in [9.17, 15) is 4.79 Å². The molecule has 1 heterocycles. The minimum absolute atomic E-state index is 0.269. The second-order valence-electron chi connectivity index (χ2n) is 3.74. The molecule has 0 bridgehead atoms. The molecule has 0 unspecified atom stereocenters. The molecule has 0 aliphatic rings. The van der Waals surface area contributed by atoms with Crippen LogP contribution in [0.1, 0.15) is 22.8 Å². The number of benzene rings is 1. The molecule has 1 N–H and O–H groups in total. The number of carbonyl (C=O) groups excluding carboxylic acids is 1. The van der Waals surface area contributed by atoms with Crippen molar-refractivity contribution in [3.63, 3.8) is 0 Å². The Balaban J connectivity index is 2.11. The highest BCUT2D eigenvalue weighted by atomic mass is 35.5. The molecular weight excluding hydrogens is 302 g/mol. The van der Waals surface area contributed by atoms with Gasteiger partial charge in [-0.05, 0) is 30.4 Å². The number of aryl methyl sites for hydroxylation is 1. The minimum atomic E-state index is -0.269. The third-order valence-corrected chi connectivity index (χ3v) is 4.43. The van der Waals surface area contributed by atoms with E-state index in [4.69, 9.17) is 11.6 Å². The van der Waals surface area contributed by atoms with Gasteiger partial charge in [-0.1, -0.05) is 47.7 Å². The van der Waals surface area contributed by atoms with E-state index < -0.39 is 0 Å². The topological polar surface area (TPSA) is 54.9 Å². The summed E-state index contributed by atoms with van der Waals surface area (Å²) in [7, 11) is 0. The van der Waals surface area contributed by atoms with E-state index >= 15 is 0 Å². The van der Waals surface area contributed by atoms with Crippen molar-refractivity contribution in [2.24, 2.45) is 0 Å². The standard InChI is InChI=1S/C12H12ClN3OS2/c1-3-18-12-16-15-11(19-12)14-10(17)8-5-4-7(2)6-9(8)13/h4-6H,3H2,1-2H3,(H,14,15,17). The molecular formula is C12H12ClN3OS2. The molecule has 1 aromatic heterocycles. The van der Waals surface area contributed by atoms with E-state index in [1.54, 1.807) is 23.9 Å². The van der Waals surface area contributed by atoms with Crippen molar-refractivity contribution >= 4 is 45.7 Å². The molecule has 1 aromatic carbocycles. The summed E-state index contributed by atoms with van der Waals surface area (Å²) in [5.41, 5.74) is 1.45. The lowest BCUT2D eigenvalue weighted by Crippen LogP contribution is -2.12. The van der Waals surface area contributed by atoms with Gasteiger partial charge in [0.2, 0.25) is 5.13 Å². The molecule has 0 aliphatic carbocycles. The molecule has 0 fully saturated rings. The maximum atomic E-state index is 12.0. The van der Waals surface area contributed by atoms with Crippen LogP contribution in [0.5, 0.6) is 0 Å². The van der Waals surface area contributed by atoms with E-state index in [1.165, 1.54) is 11.3 Å². The number of nitrogens with one attached hydrogen (secondary N) is 1. The monoisotopic (exact) mass is 313 g/mol. The van der Waals surface area contributed by atoms with Gasteiger partial charge < -0.3 is 0 Å². The number of aromatic nitrogens is 2. The largest absolute Gasteiger partial charge is 0.296 e. The summed E-state index contributed by atoms with van der Waals surface area (Å²) in [6, 6.07) is 5.31. The Morgan fingerprint density at radius 1 is 1.47 bits per heavy atom. The van der Waals surface area contributed by atoms with Crippen LogP contribution in [0.4, 0.5) is 5.13 Å². The number of carbonyl (C=O) groups is 1. The fourth-order valence-corrected chi connectivity index (χ4v) is 3.38. The van der Waals surface area contributed by atoms with Gasteiger partial charge in [0.1, 0.15) is 0 Å². The number of thioether (sulfide) groups is 1. The average Bonchev–Trinajstić information content (AvgIpc) is 2.76. The summed E-state index contributed by atoms with van der Waals surface area (Å²) >= 11 is 8.99. The second kappa shape index (κ2) is 6.36. The third kappa shape index (κ3) is 3.68. The lowest BCUT2D eigenvalue weighted by Gasteiger charge is -2.04. The summed E-state index contributed by atoms with van der Waals surface area (Å²) in [6.07, 6.45) is 0. The van der Waals surface area contributed by atoms with Crippen LogP contribution in [0.25, 0.3) is 0 Å². The van der Waals surface area contributed by atoms with Gasteiger partial charge in [0, 0.05) is 0 Å². The smallest absolute Gasteiger partial charge is 0.259 e. The molecule has 0 saturated carbocycles. The first-order chi connectivity index (χ1) is 9.10. The van der Waals surface area contributed by atoms with Crippen molar-refractivity contribution in [3.8, 4) is 0 Å². The Morgan fingerprint density at radius 3 is 2.95 bits per heavy atom. The predicted octanol–water partition coefficient (Wildman–Crippen LogP) is 3.86. The predicted molar refractivity (Wildman–Crippen MR) is 80.4 cm³/mol. The SMILES string of the molecule is CCSc1nnc(NC(=O)c2ccc(C)cc2Cl)s1. The maximum Gasteiger partial charge on any atom is 0.259 e. The van der Waals surface area contributed by atoms with Crippen molar-refractivity contribution in [1.29, 1.82) is 0 Å². The molecule has 1 amide bonds. The van der Waals surface area contributed by atoms with Gasteiger partial charge in [-0.2, -0.15) is 0 Å². The first-order valence-electron chi connectivity index (χ1n) is 5.64. The van der Waals surface area contributed by atoms with Crippen molar-refractivity contribution in [1.82, 2.24) is 10.2 Å². The van der Waals surface area contributed by atoms with E-state index in [2.05, 4.69) is 15.5 Å². The molecule has 7 heteroatoms. The number of rotatable bonds is 4. The highest BCUT2D eigenvalue weighted by molar-refractivity contribution is 8.01. The summed E-state index contributed by atoms with van der Waals surface area (Å²) < 4.78 is 0.841. The van der Waals surface area contributed by atoms with E-state index in [-0.39, 0.29) is 5.91 Å². The highest BCUT2D eigenvalue weighted by Gasteiger charge is 2.13. The Hall–Kier alpha value is -1.11. The Labute approximate surface area is 124 Å². The molecule has 0 atom stereocenters. The van der Waals surface area contributed by atoms with Crippen molar-refractivity contribution in [2.45, 2.75) is 18.2 Å². The second-order valence-corrected chi connectivity index (χ2v) is 6.64. The third-order valence-electron chi connectivity index (χ3n) is 2.26. The average molecular weight is 314 g/mol.